The van der Waals surface area contributed by atoms with Crippen LogP contribution in [0.3, 0.4) is 0 Å². The van der Waals surface area contributed by atoms with Crippen LogP contribution in [0.2, 0.25) is 0 Å². The third-order valence-electron chi connectivity index (χ3n) is 2.87. The van der Waals surface area contributed by atoms with Crippen LogP contribution >= 0.6 is 11.8 Å². The van der Waals surface area contributed by atoms with Gasteiger partial charge in [0.05, 0.1) is 5.69 Å². The second-order valence-corrected chi connectivity index (χ2v) is 5.65. The molecule has 1 heterocycles. The van der Waals surface area contributed by atoms with E-state index in [1.54, 1.807) is 4.90 Å². The summed E-state index contributed by atoms with van der Waals surface area (Å²) in [4.78, 5) is 16.9. The van der Waals surface area contributed by atoms with Crippen LogP contribution < -0.4 is 4.90 Å². The van der Waals surface area contributed by atoms with Crippen molar-refractivity contribution >= 4 is 23.4 Å². The minimum absolute atomic E-state index is 0.200. The Morgan fingerprint density at radius 2 is 2.17 bits per heavy atom. The molecule has 0 fully saturated rings. The minimum atomic E-state index is -0.912. The van der Waals surface area contributed by atoms with E-state index in [1.165, 1.54) is 11.8 Å². The molecule has 1 aromatic rings. The van der Waals surface area contributed by atoms with Crippen molar-refractivity contribution in [1.29, 1.82) is 0 Å². The molecule has 2 rings (SSSR count). The fourth-order valence-corrected chi connectivity index (χ4v) is 2.85. The lowest BCUT2D eigenvalue weighted by Gasteiger charge is -2.25. The van der Waals surface area contributed by atoms with Crippen molar-refractivity contribution in [3.05, 3.63) is 24.3 Å². The van der Waals surface area contributed by atoms with Crippen LogP contribution in [0.5, 0.6) is 0 Å². The number of nitrogens with zero attached hydrogens (tertiary/aromatic N) is 2. The summed E-state index contributed by atoms with van der Waals surface area (Å²) < 4.78 is 0. The number of benzene rings is 1. The molecule has 5 heteroatoms. The highest BCUT2D eigenvalue weighted by molar-refractivity contribution is 7.99. The van der Waals surface area contributed by atoms with Gasteiger partial charge in [0.1, 0.15) is 6.10 Å². The Morgan fingerprint density at radius 1 is 1.44 bits per heavy atom. The number of aliphatic hydroxyl groups is 1. The van der Waals surface area contributed by atoms with Crippen LogP contribution in [0, 0.1) is 0 Å². The molecular formula is C13H18N2O2S. The van der Waals surface area contributed by atoms with Gasteiger partial charge in [-0.15, -0.1) is 11.8 Å². The summed E-state index contributed by atoms with van der Waals surface area (Å²) in [6.45, 7) is 1.37. The fourth-order valence-electron chi connectivity index (χ4n) is 1.87. The van der Waals surface area contributed by atoms with E-state index >= 15 is 0 Å². The van der Waals surface area contributed by atoms with Crippen molar-refractivity contribution < 1.29 is 9.90 Å². The van der Waals surface area contributed by atoms with Crippen molar-refractivity contribution in [1.82, 2.24) is 4.90 Å². The second kappa shape index (κ2) is 5.73. The molecule has 1 unspecified atom stereocenters. The van der Waals surface area contributed by atoms with Gasteiger partial charge in [0.15, 0.2) is 0 Å². The highest BCUT2D eigenvalue weighted by atomic mass is 32.2. The first kappa shape index (κ1) is 13.4. The molecule has 0 saturated carbocycles. The van der Waals surface area contributed by atoms with Crippen molar-refractivity contribution in [2.75, 3.05) is 37.8 Å². The normalized spacial score (nSPS) is 19.9. The van der Waals surface area contributed by atoms with Gasteiger partial charge in [-0.05, 0) is 26.2 Å². The lowest BCUT2D eigenvalue weighted by atomic mass is 10.2. The van der Waals surface area contributed by atoms with Crippen LogP contribution in [0.1, 0.15) is 0 Å². The lowest BCUT2D eigenvalue weighted by molar-refractivity contribution is -0.125. The van der Waals surface area contributed by atoms with Crippen LogP contribution in [0.15, 0.2) is 29.2 Å². The molecule has 1 aliphatic rings. The molecule has 1 aliphatic heterocycles. The highest BCUT2D eigenvalue weighted by Crippen LogP contribution is 2.33. The summed E-state index contributed by atoms with van der Waals surface area (Å²) in [6, 6.07) is 7.81. The number of fused-ring (bicyclic) bond motifs is 1. The van der Waals surface area contributed by atoms with E-state index in [9.17, 15) is 9.90 Å². The average molecular weight is 266 g/mol. The summed E-state index contributed by atoms with van der Waals surface area (Å²) in [6.07, 6.45) is -0.912. The molecule has 1 amide bonds. The summed E-state index contributed by atoms with van der Waals surface area (Å²) >= 11 is 1.53. The van der Waals surface area contributed by atoms with Gasteiger partial charge in [-0.2, -0.15) is 0 Å². The molecule has 0 aromatic heterocycles. The van der Waals surface area contributed by atoms with Crippen molar-refractivity contribution in [2.24, 2.45) is 0 Å². The predicted molar refractivity (Wildman–Crippen MR) is 74.1 cm³/mol. The van der Waals surface area contributed by atoms with Gasteiger partial charge in [0.25, 0.3) is 5.91 Å². The molecule has 1 N–H and O–H groups in total. The van der Waals surface area contributed by atoms with Crippen molar-refractivity contribution in [3.8, 4) is 0 Å². The quantitative estimate of drug-likeness (QED) is 0.888. The van der Waals surface area contributed by atoms with Gasteiger partial charge in [-0.1, -0.05) is 12.1 Å². The zero-order valence-electron chi connectivity index (χ0n) is 10.7. The first-order valence-corrected chi connectivity index (χ1v) is 6.94. The number of rotatable bonds is 3. The zero-order chi connectivity index (χ0) is 13.1. The number of aliphatic hydroxyl groups excluding tert-OH is 1. The number of carbonyl (C=O) groups is 1. The number of para-hydroxylation sites is 1. The Balaban J connectivity index is 2.29. The summed E-state index contributed by atoms with van der Waals surface area (Å²) in [5, 5.41) is 9.84. The number of hydrogen-bond donors (Lipinski definition) is 1. The number of thioether (sulfide) groups is 1. The Bertz CT molecular complexity index is 437. The molecule has 0 radical (unpaired) electrons. The maximum atomic E-state index is 12.2. The van der Waals surface area contributed by atoms with Gasteiger partial charge in [0, 0.05) is 23.7 Å². The highest BCUT2D eigenvalue weighted by Gasteiger charge is 2.28. The third kappa shape index (κ3) is 2.85. The maximum Gasteiger partial charge on any atom is 0.256 e. The minimum Gasteiger partial charge on any atom is -0.382 e. The van der Waals surface area contributed by atoms with Gasteiger partial charge < -0.3 is 14.9 Å². The lowest BCUT2D eigenvalue weighted by Crippen LogP contribution is -2.42. The van der Waals surface area contributed by atoms with Crippen molar-refractivity contribution in [2.45, 2.75) is 11.0 Å². The molecule has 0 bridgehead atoms. The van der Waals surface area contributed by atoms with Gasteiger partial charge in [-0.25, -0.2) is 0 Å². The van der Waals surface area contributed by atoms with Crippen LogP contribution in [0.4, 0.5) is 5.69 Å². The van der Waals surface area contributed by atoms with Crippen molar-refractivity contribution in [3.63, 3.8) is 0 Å². The number of amides is 1. The standard InChI is InChI=1S/C13H18N2O2S/c1-14(2)7-8-15-10-5-3-4-6-12(10)18-9-11(16)13(15)17/h3-6,11,16H,7-9H2,1-2H3. The SMILES string of the molecule is CN(C)CCN1C(=O)C(O)CSc2ccccc21. The molecule has 1 aromatic carbocycles. The zero-order valence-corrected chi connectivity index (χ0v) is 11.5. The summed E-state index contributed by atoms with van der Waals surface area (Å²) in [5.74, 6) is 0.225. The fraction of sp³-hybridized carbons (Fsp3) is 0.462. The molecule has 18 heavy (non-hydrogen) atoms. The molecule has 98 valence electrons. The van der Waals surface area contributed by atoms with Crippen LogP contribution in [-0.2, 0) is 4.79 Å². The van der Waals surface area contributed by atoms with Gasteiger partial charge in [0.2, 0.25) is 0 Å². The second-order valence-electron chi connectivity index (χ2n) is 4.59. The topological polar surface area (TPSA) is 43.8 Å². The Kier molecular flexibility index (Phi) is 4.27. The molecule has 0 spiro atoms. The molecule has 4 nitrogen and oxygen atoms in total. The van der Waals surface area contributed by atoms with E-state index in [0.29, 0.717) is 12.3 Å². The van der Waals surface area contributed by atoms with Gasteiger partial charge in [-0.3, -0.25) is 4.79 Å². The number of anilines is 1. The predicted octanol–water partition coefficient (Wildman–Crippen LogP) is 1.05. The third-order valence-corrected chi connectivity index (χ3v) is 4.01. The summed E-state index contributed by atoms with van der Waals surface area (Å²) in [7, 11) is 3.94. The molecule has 1 atom stereocenters. The van der Waals surface area contributed by atoms with E-state index < -0.39 is 6.10 Å². The van der Waals surface area contributed by atoms with E-state index in [2.05, 4.69) is 0 Å². The maximum absolute atomic E-state index is 12.2. The molecule has 0 aliphatic carbocycles. The van der Waals surface area contributed by atoms with Crippen LogP contribution in [0.25, 0.3) is 0 Å². The Labute approximate surface area is 112 Å². The first-order chi connectivity index (χ1) is 8.59. The van der Waals surface area contributed by atoms with E-state index in [-0.39, 0.29) is 5.91 Å². The summed E-state index contributed by atoms with van der Waals surface area (Å²) in [5.41, 5.74) is 0.908. The van der Waals surface area contributed by atoms with Gasteiger partial charge >= 0.3 is 0 Å². The smallest absolute Gasteiger partial charge is 0.256 e. The van der Waals surface area contributed by atoms with E-state index in [4.69, 9.17) is 0 Å². The number of hydrogen-bond acceptors (Lipinski definition) is 4. The molecular weight excluding hydrogens is 248 g/mol. The van der Waals surface area contributed by atoms with E-state index in [0.717, 1.165) is 17.1 Å². The average Bonchev–Trinajstić information content (AvgIpc) is 2.47. The molecule has 0 saturated heterocycles. The largest absolute Gasteiger partial charge is 0.382 e. The number of likely N-dealkylation sites (N-methyl/N-ethyl adjacent to an activating group) is 1. The van der Waals surface area contributed by atoms with E-state index in [1.807, 2.05) is 43.3 Å². The first-order valence-electron chi connectivity index (χ1n) is 5.95. The number of carbonyl (C=O) groups excluding carboxylic acids is 1. The Hall–Kier alpha value is -1.04. The van der Waals surface area contributed by atoms with Crippen LogP contribution in [-0.4, -0.2) is 55.0 Å². The Morgan fingerprint density at radius 3 is 2.89 bits per heavy atom. The monoisotopic (exact) mass is 266 g/mol.